The molecule has 3 nitrogen and oxygen atoms in total. The van der Waals surface area contributed by atoms with Crippen molar-refractivity contribution in [3.8, 4) is 5.75 Å². The molecule has 1 aliphatic heterocycles. The molecule has 0 N–H and O–H groups in total. The lowest BCUT2D eigenvalue weighted by Gasteiger charge is -2.34. The van der Waals surface area contributed by atoms with Crippen molar-refractivity contribution in [2.24, 2.45) is 0 Å². The van der Waals surface area contributed by atoms with Gasteiger partial charge in [0.15, 0.2) is 0 Å². The SMILES string of the molecule is COc1cc(CCN2CCN(CCCc3ccccc3)CC2)ccc1C1CCCCC1. The maximum atomic E-state index is 5.79. The van der Waals surface area contributed by atoms with E-state index in [0.717, 1.165) is 18.7 Å². The van der Waals surface area contributed by atoms with Crippen LogP contribution < -0.4 is 4.74 Å². The molecule has 2 aliphatic rings. The summed E-state index contributed by atoms with van der Waals surface area (Å²) in [6.07, 6.45) is 10.4. The molecular formula is C28H40N2O. The standard InChI is InChI=1S/C28H40N2O/c1-31-28-23-25(14-15-27(28)26-12-6-3-7-13-26)16-18-30-21-19-29(20-22-30)17-8-11-24-9-4-2-5-10-24/h2,4-5,9-10,14-15,23,26H,3,6-8,11-13,16-22H2,1H3. The zero-order chi connectivity index (χ0) is 21.3. The van der Waals surface area contributed by atoms with Crippen LogP contribution in [0.4, 0.5) is 0 Å². The van der Waals surface area contributed by atoms with Crippen LogP contribution in [0.25, 0.3) is 0 Å². The Bertz CT molecular complexity index is 777. The van der Waals surface area contributed by atoms with Gasteiger partial charge < -0.3 is 14.5 Å². The van der Waals surface area contributed by atoms with Gasteiger partial charge in [-0.2, -0.15) is 0 Å². The summed E-state index contributed by atoms with van der Waals surface area (Å²) < 4.78 is 5.79. The topological polar surface area (TPSA) is 15.7 Å². The highest BCUT2D eigenvalue weighted by atomic mass is 16.5. The second-order valence-corrected chi connectivity index (χ2v) is 9.43. The van der Waals surface area contributed by atoms with Crippen molar-refractivity contribution < 1.29 is 4.74 Å². The number of piperazine rings is 1. The molecule has 31 heavy (non-hydrogen) atoms. The summed E-state index contributed by atoms with van der Waals surface area (Å²) >= 11 is 0. The summed E-state index contributed by atoms with van der Waals surface area (Å²) in [6, 6.07) is 17.9. The van der Waals surface area contributed by atoms with E-state index in [2.05, 4.69) is 58.3 Å². The first kappa shape index (κ1) is 22.4. The van der Waals surface area contributed by atoms with Gasteiger partial charge in [-0.25, -0.2) is 0 Å². The van der Waals surface area contributed by atoms with E-state index in [-0.39, 0.29) is 0 Å². The molecule has 3 heteroatoms. The number of rotatable bonds is 9. The number of hydrogen-bond donors (Lipinski definition) is 0. The molecular weight excluding hydrogens is 380 g/mol. The van der Waals surface area contributed by atoms with Gasteiger partial charge in [0.1, 0.15) is 5.75 Å². The number of benzene rings is 2. The van der Waals surface area contributed by atoms with Crippen LogP contribution in [0.1, 0.15) is 61.1 Å². The van der Waals surface area contributed by atoms with Gasteiger partial charge in [-0.3, -0.25) is 0 Å². The summed E-state index contributed by atoms with van der Waals surface area (Å²) in [5.74, 6) is 1.82. The van der Waals surface area contributed by atoms with Crippen molar-refractivity contribution in [3.05, 3.63) is 65.2 Å². The predicted octanol–water partition coefficient (Wildman–Crippen LogP) is 5.54. The number of ether oxygens (including phenoxy) is 1. The molecule has 1 aliphatic carbocycles. The minimum absolute atomic E-state index is 0.702. The molecule has 0 spiro atoms. The Morgan fingerprint density at radius 3 is 2.19 bits per heavy atom. The molecule has 0 unspecified atom stereocenters. The molecule has 1 saturated carbocycles. The van der Waals surface area contributed by atoms with E-state index >= 15 is 0 Å². The van der Waals surface area contributed by atoms with Crippen molar-refractivity contribution in [1.29, 1.82) is 0 Å². The Labute approximate surface area is 189 Å². The highest BCUT2D eigenvalue weighted by molar-refractivity contribution is 5.40. The Morgan fingerprint density at radius 1 is 0.774 bits per heavy atom. The van der Waals surface area contributed by atoms with Gasteiger partial charge in [-0.05, 0) is 67.3 Å². The van der Waals surface area contributed by atoms with Crippen LogP contribution in [0.5, 0.6) is 5.75 Å². The van der Waals surface area contributed by atoms with E-state index in [1.54, 1.807) is 0 Å². The van der Waals surface area contributed by atoms with Crippen LogP contribution in [0.2, 0.25) is 0 Å². The third-order valence-corrected chi connectivity index (χ3v) is 7.31. The average molecular weight is 421 g/mol. The predicted molar refractivity (Wildman–Crippen MR) is 130 cm³/mol. The molecule has 0 amide bonds. The zero-order valence-electron chi connectivity index (χ0n) is 19.4. The summed E-state index contributed by atoms with van der Waals surface area (Å²) in [7, 11) is 1.84. The van der Waals surface area contributed by atoms with Crippen molar-refractivity contribution in [2.45, 2.75) is 57.3 Å². The van der Waals surface area contributed by atoms with Crippen molar-refractivity contribution in [1.82, 2.24) is 9.80 Å². The molecule has 0 aromatic heterocycles. The second kappa shape index (κ2) is 11.7. The van der Waals surface area contributed by atoms with Crippen LogP contribution in [-0.4, -0.2) is 56.2 Å². The van der Waals surface area contributed by atoms with E-state index in [1.165, 1.54) is 94.4 Å². The lowest BCUT2D eigenvalue weighted by Crippen LogP contribution is -2.47. The largest absolute Gasteiger partial charge is 0.496 e. The smallest absolute Gasteiger partial charge is 0.122 e. The van der Waals surface area contributed by atoms with Gasteiger partial charge in [0.2, 0.25) is 0 Å². The molecule has 2 aromatic carbocycles. The third-order valence-electron chi connectivity index (χ3n) is 7.31. The molecule has 2 fully saturated rings. The van der Waals surface area contributed by atoms with Gasteiger partial charge >= 0.3 is 0 Å². The highest BCUT2D eigenvalue weighted by Crippen LogP contribution is 2.37. The first-order chi connectivity index (χ1) is 15.3. The molecule has 168 valence electrons. The van der Waals surface area contributed by atoms with Crippen LogP contribution in [0, 0.1) is 0 Å². The van der Waals surface area contributed by atoms with Crippen LogP contribution in [0.3, 0.4) is 0 Å². The maximum absolute atomic E-state index is 5.79. The highest BCUT2D eigenvalue weighted by Gasteiger charge is 2.20. The minimum Gasteiger partial charge on any atom is -0.496 e. The van der Waals surface area contributed by atoms with Crippen molar-refractivity contribution in [3.63, 3.8) is 0 Å². The summed E-state index contributed by atoms with van der Waals surface area (Å²) in [5.41, 5.74) is 4.32. The van der Waals surface area contributed by atoms with Crippen molar-refractivity contribution >= 4 is 0 Å². The molecule has 2 aromatic rings. The molecule has 0 radical (unpaired) electrons. The second-order valence-electron chi connectivity index (χ2n) is 9.43. The Balaban J connectivity index is 1.19. The van der Waals surface area contributed by atoms with E-state index in [9.17, 15) is 0 Å². The van der Waals surface area contributed by atoms with E-state index in [4.69, 9.17) is 4.74 Å². The average Bonchev–Trinajstić information content (AvgIpc) is 2.84. The molecule has 0 atom stereocenters. The Morgan fingerprint density at radius 2 is 1.48 bits per heavy atom. The molecule has 1 saturated heterocycles. The fourth-order valence-corrected chi connectivity index (χ4v) is 5.34. The van der Waals surface area contributed by atoms with Gasteiger partial charge in [-0.15, -0.1) is 0 Å². The molecule has 4 rings (SSSR count). The number of methoxy groups -OCH3 is 1. The Kier molecular flexibility index (Phi) is 8.43. The summed E-state index contributed by atoms with van der Waals surface area (Å²) in [5, 5.41) is 0. The third kappa shape index (κ3) is 6.57. The van der Waals surface area contributed by atoms with Gasteiger partial charge in [0.25, 0.3) is 0 Å². The molecule has 0 bridgehead atoms. The normalized spacial score (nSPS) is 18.9. The van der Waals surface area contributed by atoms with Gasteiger partial charge in [0, 0.05) is 32.7 Å². The van der Waals surface area contributed by atoms with E-state index < -0.39 is 0 Å². The first-order valence-electron chi connectivity index (χ1n) is 12.5. The number of hydrogen-bond acceptors (Lipinski definition) is 3. The van der Waals surface area contributed by atoms with E-state index in [1.807, 2.05) is 7.11 Å². The monoisotopic (exact) mass is 420 g/mol. The minimum atomic E-state index is 0.702. The fourth-order valence-electron chi connectivity index (χ4n) is 5.34. The number of aryl methyl sites for hydroxylation is 1. The van der Waals surface area contributed by atoms with E-state index in [0.29, 0.717) is 5.92 Å². The maximum Gasteiger partial charge on any atom is 0.122 e. The van der Waals surface area contributed by atoms with Crippen LogP contribution >= 0.6 is 0 Å². The van der Waals surface area contributed by atoms with Gasteiger partial charge in [-0.1, -0.05) is 61.7 Å². The fraction of sp³-hybridized carbons (Fsp3) is 0.571. The summed E-state index contributed by atoms with van der Waals surface area (Å²) in [4.78, 5) is 5.27. The van der Waals surface area contributed by atoms with Crippen molar-refractivity contribution in [2.75, 3.05) is 46.4 Å². The van der Waals surface area contributed by atoms with Crippen LogP contribution in [-0.2, 0) is 12.8 Å². The van der Waals surface area contributed by atoms with Gasteiger partial charge in [0.05, 0.1) is 7.11 Å². The lowest BCUT2D eigenvalue weighted by atomic mass is 9.83. The zero-order valence-corrected chi connectivity index (χ0v) is 19.4. The first-order valence-corrected chi connectivity index (χ1v) is 12.5. The van der Waals surface area contributed by atoms with Crippen LogP contribution in [0.15, 0.2) is 48.5 Å². The molecule has 1 heterocycles. The number of nitrogens with zero attached hydrogens (tertiary/aromatic N) is 2. The Hall–Kier alpha value is -1.84. The summed E-state index contributed by atoms with van der Waals surface area (Å²) in [6.45, 7) is 7.19. The lowest BCUT2D eigenvalue weighted by molar-refractivity contribution is 0.132. The quantitative estimate of drug-likeness (QED) is 0.530.